The summed E-state index contributed by atoms with van der Waals surface area (Å²) in [6.07, 6.45) is 0. The Bertz CT molecular complexity index is 1370. The Balaban J connectivity index is 1.73. The smallest absolute Gasteiger partial charge is 0.291 e. The molecule has 1 aliphatic carbocycles. The van der Waals surface area contributed by atoms with Gasteiger partial charge in [0.2, 0.25) is 5.91 Å². The number of H-pyrrole nitrogens is 1. The number of ketones is 2. The summed E-state index contributed by atoms with van der Waals surface area (Å²) in [7, 11) is 1.59. The monoisotopic (exact) mass is 442 g/mol. The van der Waals surface area contributed by atoms with E-state index in [4.69, 9.17) is 5.84 Å². The molecule has 2 aliphatic rings. The van der Waals surface area contributed by atoms with Crippen LogP contribution >= 0.6 is 0 Å². The van der Waals surface area contributed by atoms with Crippen molar-refractivity contribution in [3.8, 4) is 11.4 Å². The summed E-state index contributed by atoms with van der Waals surface area (Å²) in [4.78, 5) is 60.4. The lowest BCUT2D eigenvalue weighted by molar-refractivity contribution is -0.474. The summed E-state index contributed by atoms with van der Waals surface area (Å²) in [6, 6.07) is 15.4. The minimum Gasteiger partial charge on any atom is -0.335 e. The first-order valence-electron chi connectivity index (χ1n) is 10.4. The van der Waals surface area contributed by atoms with Crippen LogP contribution in [0.15, 0.2) is 60.3 Å². The highest BCUT2D eigenvalue weighted by Gasteiger charge is 2.48. The summed E-state index contributed by atoms with van der Waals surface area (Å²) in [5.41, 5.74) is 2.64. The van der Waals surface area contributed by atoms with Crippen LogP contribution in [-0.4, -0.2) is 44.3 Å². The van der Waals surface area contributed by atoms with E-state index in [-0.39, 0.29) is 45.0 Å². The molecule has 0 spiro atoms. The molecule has 33 heavy (non-hydrogen) atoms. The maximum atomic E-state index is 13.7. The van der Waals surface area contributed by atoms with Crippen LogP contribution in [0.1, 0.15) is 34.6 Å². The molecule has 0 fully saturated rings. The molecule has 1 aliphatic heterocycles. The Hall–Kier alpha value is -4.40. The van der Waals surface area contributed by atoms with Crippen LogP contribution in [0.4, 0.5) is 5.69 Å². The van der Waals surface area contributed by atoms with Gasteiger partial charge >= 0.3 is 0 Å². The van der Waals surface area contributed by atoms with Crippen molar-refractivity contribution in [2.45, 2.75) is 12.8 Å². The summed E-state index contributed by atoms with van der Waals surface area (Å²) in [5, 5.41) is 0. The summed E-state index contributed by atoms with van der Waals surface area (Å²) in [6.45, 7) is 1.56. The third-order valence-corrected chi connectivity index (χ3v) is 6.21. The lowest BCUT2D eigenvalue weighted by atomic mass is 9.76. The van der Waals surface area contributed by atoms with Crippen LogP contribution in [0.5, 0.6) is 0 Å². The molecule has 3 aromatic rings. The molecule has 9 heteroatoms. The number of aromatic nitrogens is 2. The first-order chi connectivity index (χ1) is 15.8. The number of amides is 1. The Morgan fingerprint density at radius 1 is 1.00 bits per heavy atom. The quantitative estimate of drug-likeness (QED) is 0.278. The maximum absolute atomic E-state index is 13.7. The third kappa shape index (κ3) is 3.00. The van der Waals surface area contributed by atoms with E-state index in [2.05, 4.69) is 9.97 Å². The van der Waals surface area contributed by atoms with Gasteiger partial charge in [0.1, 0.15) is 17.2 Å². The van der Waals surface area contributed by atoms with Gasteiger partial charge in [-0.2, -0.15) is 5.84 Å². The molecule has 2 unspecified atom stereocenters. The summed E-state index contributed by atoms with van der Waals surface area (Å²) in [5.74, 6) is 2.91. The first-order valence-corrected chi connectivity index (χ1v) is 10.4. The number of hydrogen-bond donors (Lipinski definition) is 2. The average Bonchev–Trinajstić information content (AvgIpc) is 3.27. The Kier molecular flexibility index (Phi) is 4.56. The molecule has 1 amide bonds. The SMILES string of the molecule is CC1C(=O)C2=C(C(c3ccccc3)C(=O)c3[nH]c(-c4ccc([N+](N)=O)cc4)nc32)N(C)C1=O. The van der Waals surface area contributed by atoms with Crippen molar-refractivity contribution < 1.29 is 19.3 Å². The Morgan fingerprint density at radius 3 is 2.30 bits per heavy atom. The van der Waals surface area contributed by atoms with Crippen molar-refractivity contribution in [3.63, 3.8) is 0 Å². The molecule has 2 heterocycles. The van der Waals surface area contributed by atoms with Crippen molar-refractivity contribution in [1.29, 1.82) is 0 Å². The van der Waals surface area contributed by atoms with Gasteiger partial charge in [-0.3, -0.25) is 14.4 Å². The number of hydrazine groups is 1. The number of imidazole rings is 1. The fourth-order valence-electron chi connectivity index (χ4n) is 4.47. The number of carbonyl (C=O) groups is 3. The zero-order chi connectivity index (χ0) is 23.4. The van der Waals surface area contributed by atoms with E-state index in [9.17, 15) is 19.3 Å². The molecule has 164 valence electrons. The number of benzene rings is 2. The number of fused-ring (bicyclic) bond motifs is 2. The van der Waals surface area contributed by atoms with Gasteiger partial charge in [-0.05, 0) is 24.6 Å². The molecule has 2 atom stereocenters. The minimum atomic E-state index is -0.877. The molecule has 1 aromatic heterocycles. The molecular weight excluding hydrogens is 422 g/mol. The van der Waals surface area contributed by atoms with E-state index in [1.54, 1.807) is 38.2 Å². The van der Waals surface area contributed by atoms with Crippen molar-refractivity contribution >= 4 is 28.7 Å². The summed E-state index contributed by atoms with van der Waals surface area (Å²) < 4.78 is 0. The van der Waals surface area contributed by atoms with E-state index in [0.717, 1.165) is 0 Å². The highest BCUT2D eigenvalue weighted by atomic mass is 16.3. The third-order valence-electron chi connectivity index (χ3n) is 6.21. The van der Waals surface area contributed by atoms with E-state index >= 15 is 0 Å². The van der Waals surface area contributed by atoms with Crippen LogP contribution in [0.25, 0.3) is 17.0 Å². The van der Waals surface area contributed by atoms with Crippen LogP contribution in [0.3, 0.4) is 0 Å². The molecule has 0 saturated heterocycles. The van der Waals surface area contributed by atoms with Crippen molar-refractivity contribution in [1.82, 2.24) is 14.9 Å². The van der Waals surface area contributed by atoms with E-state index < -0.39 is 11.8 Å². The second-order valence-electron chi connectivity index (χ2n) is 8.13. The fraction of sp³-hybridized carbons (Fsp3) is 0.167. The summed E-state index contributed by atoms with van der Waals surface area (Å²) >= 11 is 0. The van der Waals surface area contributed by atoms with Crippen LogP contribution in [0.2, 0.25) is 0 Å². The lowest BCUT2D eigenvalue weighted by Gasteiger charge is -2.37. The zero-order valence-corrected chi connectivity index (χ0v) is 17.9. The molecule has 2 aromatic carbocycles. The normalized spacial score (nSPS) is 20.1. The number of carbonyl (C=O) groups excluding carboxylic acids is 3. The first kappa shape index (κ1) is 20.5. The molecule has 0 bridgehead atoms. The van der Waals surface area contributed by atoms with Gasteiger partial charge in [0.15, 0.2) is 16.4 Å². The van der Waals surface area contributed by atoms with Gasteiger partial charge in [0, 0.05) is 30.4 Å². The largest absolute Gasteiger partial charge is 0.335 e. The van der Waals surface area contributed by atoms with E-state index in [1.807, 2.05) is 18.2 Å². The highest BCUT2D eigenvalue weighted by molar-refractivity contribution is 6.33. The van der Waals surface area contributed by atoms with Crippen LogP contribution < -0.4 is 5.84 Å². The number of rotatable bonds is 3. The zero-order valence-electron chi connectivity index (χ0n) is 17.9. The molecule has 9 nitrogen and oxygen atoms in total. The van der Waals surface area contributed by atoms with Crippen molar-refractivity contribution in [2.75, 3.05) is 7.05 Å². The van der Waals surface area contributed by atoms with Crippen molar-refractivity contribution in [2.24, 2.45) is 11.8 Å². The number of nitroso groups, excluding NO2 is 1. The van der Waals surface area contributed by atoms with Gasteiger partial charge in [-0.15, -0.1) is 0 Å². The van der Waals surface area contributed by atoms with E-state index in [1.165, 1.54) is 17.0 Å². The lowest BCUT2D eigenvalue weighted by Crippen LogP contribution is -2.45. The van der Waals surface area contributed by atoms with Gasteiger partial charge in [-0.1, -0.05) is 30.3 Å². The van der Waals surface area contributed by atoms with Crippen LogP contribution in [-0.2, 0) is 9.59 Å². The molecule has 3 N–H and O–H groups in total. The molecule has 0 radical (unpaired) electrons. The minimum absolute atomic E-state index is 0.217. The second kappa shape index (κ2) is 7.33. The van der Waals surface area contributed by atoms with Crippen LogP contribution in [0, 0.1) is 10.8 Å². The average molecular weight is 442 g/mol. The van der Waals surface area contributed by atoms with Gasteiger partial charge < -0.3 is 9.88 Å². The topological polar surface area (TPSA) is 129 Å². The second-order valence-corrected chi connectivity index (χ2v) is 8.13. The number of allylic oxidation sites excluding steroid dienone is 2. The fourth-order valence-corrected chi connectivity index (χ4v) is 4.47. The molecule has 5 rings (SSSR count). The molecular formula is C24H20N5O4+. The predicted molar refractivity (Wildman–Crippen MR) is 119 cm³/mol. The number of nitrogens with two attached hydrogens (primary N) is 1. The van der Waals surface area contributed by atoms with Gasteiger partial charge in [0.05, 0.1) is 22.3 Å². The number of likely N-dealkylation sites (N-methyl/N-ethyl adjacent to an activating group) is 1. The Morgan fingerprint density at radius 2 is 1.67 bits per heavy atom. The number of Topliss-reactive ketones (excluding diaryl/α,β-unsaturated/α-hetero) is 2. The predicted octanol–water partition coefficient (Wildman–Crippen LogP) is 2.73. The number of hydrogen-bond acceptors (Lipinski definition) is 5. The maximum Gasteiger partial charge on any atom is 0.291 e. The molecule has 0 saturated carbocycles. The van der Waals surface area contributed by atoms with Gasteiger partial charge in [0.25, 0.3) is 5.69 Å². The standard InChI is InChI=1S/C24H19N5O4/c1-12-21(30)17-18-19(27-23(26-18)14-8-10-15(11-9-14)29(25)33)22(31)16(13-6-4-3-5-7-13)20(17)28(2)24(12)32/h3-12,16H,1-2H3,(H2-,25,26,27,31,33)/p+1. The number of nitrogens with one attached hydrogen (secondary N) is 1. The number of nitrogens with zero attached hydrogens (tertiary/aromatic N) is 3. The van der Waals surface area contributed by atoms with Crippen molar-refractivity contribution in [3.05, 3.63) is 82.2 Å². The number of aromatic amines is 1. The Labute approximate surface area is 188 Å². The highest BCUT2D eigenvalue weighted by Crippen LogP contribution is 2.45. The van der Waals surface area contributed by atoms with Gasteiger partial charge in [-0.25, -0.2) is 4.98 Å². The van der Waals surface area contributed by atoms with E-state index in [0.29, 0.717) is 22.6 Å².